The molecule has 3 N–H and O–H groups in total. The van der Waals surface area contributed by atoms with Gasteiger partial charge in [0.1, 0.15) is 17.3 Å². The molecule has 0 aliphatic carbocycles. The van der Waals surface area contributed by atoms with Crippen LogP contribution in [-0.4, -0.2) is 40.4 Å². The van der Waals surface area contributed by atoms with Gasteiger partial charge in [-0.3, -0.25) is 9.79 Å². The van der Waals surface area contributed by atoms with Crippen LogP contribution in [0.3, 0.4) is 0 Å². The number of halogens is 4. The van der Waals surface area contributed by atoms with E-state index in [0.29, 0.717) is 0 Å². The molecule has 11 heteroatoms. The Morgan fingerprint density at radius 1 is 1.20 bits per heavy atom. The van der Waals surface area contributed by atoms with Crippen LogP contribution in [0.4, 0.5) is 23.2 Å². The number of carbonyl (C=O) groups is 1. The summed E-state index contributed by atoms with van der Waals surface area (Å²) in [5.41, 5.74) is -0.0623. The summed E-state index contributed by atoms with van der Waals surface area (Å²) in [6.45, 7) is 1.86. The SMILES string of the molecule is COc1cnc(C(=O)Nc2ccc(F)c(C3(C)N=C(N)C(C)(F)CC3(F)F)c2)cn1. The molecule has 0 fully saturated rings. The van der Waals surface area contributed by atoms with Gasteiger partial charge in [-0.15, -0.1) is 0 Å². The Morgan fingerprint density at radius 3 is 2.50 bits per heavy atom. The molecule has 0 radical (unpaired) electrons. The molecule has 0 saturated heterocycles. The van der Waals surface area contributed by atoms with E-state index in [-0.39, 0.29) is 17.3 Å². The average Bonchev–Trinajstić information content (AvgIpc) is 2.67. The zero-order valence-corrected chi connectivity index (χ0v) is 16.3. The Bertz CT molecular complexity index is 1010. The van der Waals surface area contributed by atoms with Crippen LogP contribution in [0.1, 0.15) is 36.3 Å². The molecule has 1 amide bonds. The smallest absolute Gasteiger partial charge is 0.280 e. The first-order valence-electron chi connectivity index (χ1n) is 8.79. The van der Waals surface area contributed by atoms with Crippen molar-refractivity contribution < 1.29 is 27.1 Å². The van der Waals surface area contributed by atoms with Gasteiger partial charge in [-0.05, 0) is 32.0 Å². The number of hydrogen-bond acceptors (Lipinski definition) is 6. The second-order valence-corrected chi connectivity index (χ2v) is 7.24. The summed E-state index contributed by atoms with van der Waals surface area (Å²) in [4.78, 5) is 23.7. The maximum Gasteiger partial charge on any atom is 0.280 e. The Hall–Kier alpha value is -3.24. The number of ether oxygens (including phenoxy) is 1. The van der Waals surface area contributed by atoms with E-state index < -0.39 is 46.7 Å². The van der Waals surface area contributed by atoms with Crippen molar-refractivity contribution in [1.29, 1.82) is 0 Å². The molecule has 0 saturated carbocycles. The number of amidine groups is 1. The lowest BCUT2D eigenvalue weighted by Crippen LogP contribution is -2.56. The van der Waals surface area contributed by atoms with Gasteiger partial charge in [0.05, 0.1) is 25.9 Å². The van der Waals surface area contributed by atoms with E-state index in [1.54, 1.807) is 0 Å². The van der Waals surface area contributed by atoms with Crippen molar-refractivity contribution in [3.05, 3.63) is 47.7 Å². The van der Waals surface area contributed by atoms with Crippen molar-refractivity contribution in [2.24, 2.45) is 10.7 Å². The number of methoxy groups -OCH3 is 1. The predicted octanol–water partition coefficient (Wildman–Crippen LogP) is 3.22. The van der Waals surface area contributed by atoms with Crippen LogP contribution in [0.15, 0.2) is 35.6 Å². The third-order valence-corrected chi connectivity index (χ3v) is 4.96. The predicted molar refractivity (Wildman–Crippen MR) is 101 cm³/mol. The standard InChI is InChI=1S/C19H19F4N5O2/c1-17(21)9-19(22,23)18(2,28-16(17)24)11-6-10(4-5-12(11)20)27-15(29)13-7-26-14(30-3)8-25-13/h4-8H,9H2,1-3H3,(H2,24,28)(H,27,29). The highest BCUT2D eigenvalue weighted by Gasteiger charge is 2.60. The molecule has 2 atom stereocenters. The molecule has 2 aromatic rings. The molecular weight excluding hydrogens is 406 g/mol. The summed E-state index contributed by atoms with van der Waals surface area (Å²) in [7, 11) is 1.38. The zero-order valence-electron chi connectivity index (χ0n) is 16.3. The number of aromatic nitrogens is 2. The average molecular weight is 425 g/mol. The molecule has 7 nitrogen and oxygen atoms in total. The quantitative estimate of drug-likeness (QED) is 0.733. The summed E-state index contributed by atoms with van der Waals surface area (Å²) in [5.74, 6) is -5.91. The zero-order chi connectivity index (χ0) is 22.3. The fraction of sp³-hybridized carbons (Fsp3) is 0.368. The highest BCUT2D eigenvalue weighted by atomic mass is 19.3. The van der Waals surface area contributed by atoms with Crippen molar-refractivity contribution in [2.45, 2.75) is 37.4 Å². The van der Waals surface area contributed by atoms with Crippen molar-refractivity contribution in [2.75, 3.05) is 12.4 Å². The number of amides is 1. The van der Waals surface area contributed by atoms with Crippen LogP contribution in [-0.2, 0) is 5.54 Å². The first-order chi connectivity index (χ1) is 13.9. The Labute approximate surface area is 169 Å². The third kappa shape index (κ3) is 3.66. The van der Waals surface area contributed by atoms with Gasteiger partial charge >= 0.3 is 0 Å². The molecular formula is C19H19F4N5O2. The fourth-order valence-corrected chi connectivity index (χ4v) is 3.09. The molecule has 3 rings (SSSR count). The highest BCUT2D eigenvalue weighted by molar-refractivity contribution is 6.02. The van der Waals surface area contributed by atoms with Crippen LogP contribution in [0.2, 0.25) is 0 Å². The largest absolute Gasteiger partial charge is 0.480 e. The maximum absolute atomic E-state index is 14.8. The molecule has 2 heterocycles. The van der Waals surface area contributed by atoms with Crippen LogP contribution < -0.4 is 15.8 Å². The second kappa shape index (κ2) is 7.22. The summed E-state index contributed by atoms with van der Waals surface area (Å²) in [6, 6.07) is 3.10. The first kappa shape index (κ1) is 21.5. The van der Waals surface area contributed by atoms with E-state index in [1.165, 1.54) is 19.4 Å². The molecule has 160 valence electrons. The number of anilines is 1. The highest BCUT2D eigenvalue weighted by Crippen LogP contribution is 2.50. The second-order valence-electron chi connectivity index (χ2n) is 7.24. The van der Waals surface area contributed by atoms with Crippen molar-refractivity contribution in [3.63, 3.8) is 0 Å². The van der Waals surface area contributed by atoms with E-state index in [2.05, 4.69) is 20.3 Å². The minimum atomic E-state index is -3.75. The van der Waals surface area contributed by atoms with Gasteiger partial charge in [0.15, 0.2) is 11.2 Å². The van der Waals surface area contributed by atoms with Crippen LogP contribution in [0, 0.1) is 5.82 Å². The number of aliphatic imine (C=N–C) groups is 1. The topological polar surface area (TPSA) is 102 Å². The lowest BCUT2D eigenvalue weighted by molar-refractivity contribution is -0.106. The van der Waals surface area contributed by atoms with Crippen molar-refractivity contribution in [3.8, 4) is 5.88 Å². The maximum atomic E-state index is 14.8. The molecule has 1 aromatic heterocycles. The Morgan fingerprint density at radius 2 is 1.90 bits per heavy atom. The molecule has 0 spiro atoms. The number of rotatable bonds is 4. The van der Waals surface area contributed by atoms with Crippen molar-refractivity contribution >= 4 is 17.4 Å². The summed E-state index contributed by atoms with van der Waals surface area (Å²) in [6.07, 6.45) is 1.12. The molecule has 30 heavy (non-hydrogen) atoms. The lowest BCUT2D eigenvalue weighted by atomic mass is 9.77. The van der Waals surface area contributed by atoms with Crippen LogP contribution in [0.5, 0.6) is 5.88 Å². The lowest BCUT2D eigenvalue weighted by Gasteiger charge is -2.42. The van der Waals surface area contributed by atoms with Gasteiger partial charge in [-0.2, -0.15) is 0 Å². The summed E-state index contributed by atoms with van der Waals surface area (Å²) in [5, 5.41) is 2.43. The number of nitrogens with zero attached hydrogens (tertiary/aromatic N) is 3. The first-order valence-corrected chi connectivity index (χ1v) is 8.79. The van der Waals surface area contributed by atoms with Gasteiger partial charge in [-0.25, -0.2) is 27.5 Å². The summed E-state index contributed by atoms with van der Waals surface area (Å²) >= 11 is 0. The number of alkyl halides is 3. The number of nitrogens with one attached hydrogen (secondary N) is 1. The van der Waals surface area contributed by atoms with Gasteiger partial charge in [0.2, 0.25) is 5.88 Å². The Balaban J connectivity index is 1.97. The molecule has 1 aliphatic rings. The van der Waals surface area contributed by atoms with Gasteiger partial charge in [0.25, 0.3) is 11.8 Å². The molecule has 2 unspecified atom stereocenters. The van der Waals surface area contributed by atoms with Crippen molar-refractivity contribution in [1.82, 2.24) is 9.97 Å². The minimum absolute atomic E-state index is 0.00778. The van der Waals surface area contributed by atoms with E-state index in [1.807, 2.05) is 0 Å². The fourth-order valence-electron chi connectivity index (χ4n) is 3.09. The number of hydrogen-bond donors (Lipinski definition) is 2. The summed E-state index contributed by atoms with van der Waals surface area (Å²) < 4.78 is 63.3. The number of carbonyl (C=O) groups excluding carboxylic acids is 1. The normalized spacial score (nSPS) is 25.4. The third-order valence-electron chi connectivity index (χ3n) is 4.96. The van der Waals surface area contributed by atoms with E-state index in [9.17, 15) is 22.4 Å². The molecule has 1 aromatic carbocycles. The Kier molecular flexibility index (Phi) is 5.17. The number of nitrogens with two attached hydrogens (primary N) is 1. The van der Waals surface area contributed by atoms with E-state index in [4.69, 9.17) is 10.5 Å². The van der Waals surface area contributed by atoms with Gasteiger partial charge in [-0.1, -0.05) is 0 Å². The van der Waals surface area contributed by atoms with Crippen LogP contribution in [0.25, 0.3) is 0 Å². The number of benzene rings is 1. The van der Waals surface area contributed by atoms with Gasteiger partial charge in [0, 0.05) is 11.3 Å². The monoisotopic (exact) mass is 425 g/mol. The van der Waals surface area contributed by atoms with E-state index >= 15 is 0 Å². The van der Waals surface area contributed by atoms with Crippen LogP contribution >= 0.6 is 0 Å². The van der Waals surface area contributed by atoms with E-state index in [0.717, 1.165) is 32.2 Å². The molecule has 0 bridgehead atoms. The molecule has 1 aliphatic heterocycles. The van der Waals surface area contributed by atoms with Gasteiger partial charge < -0.3 is 15.8 Å². The minimum Gasteiger partial charge on any atom is -0.480 e.